The van der Waals surface area contributed by atoms with Crippen LogP contribution in [0.1, 0.15) is 226 Å². The molecule has 0 rings (SSSR count). The topological polar surface area (TPSA) is 78.9 Å². The van der Waals surface area contributed by atoms with Crippen molar-refractivity contribution < 1.29 is 28.6 Å². The molecule has 0 aliphatic rings. The van der Waals surface area contributed by atoms with Crippen LogP contribution in [-0.4, -0.2) is 37.2 Å². The van der Waals surface area contributed by atoms with E-state index in [1.807, 2.05) is 0 Å². The van der Waals surface area contributed by atoms with Gasteiger partial charge in [0.15, 0.2) is 6.10 Å². The highest BCUT2D eigenvalue weighted by molar-refractivity contribution is 5.71. The first-order valence-corrected chi connectivity index (χ1v) is 25.1. The second-order valence-electron chi connectivity index (χ2n) is 16.3. The maximum Gasteiger partial charge on any atom is 0.306 e. The Hall–Kier alpha value is -3.41. The van der Waals surface area contributed by atoms with Crippen molar-refractivity contribution in [2.24, 2.45) is 0 Å². The van der Waals surface area contributed by atoms with Gasteiger partial charge < -0.3 is 14.2 Å². The Morgan fingerprint density at radius 3 is 1.05 bits per heavy atom. The molecular weight excluding hydrogens is 757 g/mol. The van der Waals surface area contributed by atoms with E-state index in [1.165, 1.54) is 77.0 Å². The fraction of sp³-hybridized carbons (Fsp3) is 0.691. The Kier molecular flexibility index (Phi) is 46.5. The van der Waals surface area contributed by atoms with Crippen LogP contribution in [0.2, 0.25) is 0 Å². The summed E-state index contributed by atoms with van der Waals surface area (Å²) in [5.74, 6) is -0.960. The third kappa shape index (κ3) is 47.5. The summed E-state index contributed by atoms with van der Waals surface area (Å²) in [6, 6.07) is 0. The summed E-state index contributed by atoms with van der Waals surface area (Å²) in [7, 11) is 0. The van der Waals surface area contributed by atoms with Crippen molar-refractivity contribution in [2.45, 2.75) is 232 Å². The number of carbonyl (C=O) groups is 3. The molecule has 6 nitrogen and oxygen atoms in total. The lowest BCUT2D eigenvalue weighted by atomic mass is 10.1. The molecule has 1 atom stereocenters. The van der Waals surface area contributed by atoms with E-state index in [2.05, 4.69) is 106 Å². The van der Waals surface area contributed by atoms with Crippen LogP contribution in [-0.2, 0) is 28.6 Å². The zero-order valence-corrected chi connectivity index (χ0v) is 39.7. The lowest BCUT2D eigenvalue weighted by molar-refractivity contribution is -0.167. The molecule has 0 aromatic rings. The molecule has 0 bridgehead atoms. The monoisotopic (exact) mass is 849 g/mol. The van der Waals surface area contributed by atoms with Gasteiger partial charge in [0.2, 0.25) is 0 Å². The molecule has 6 heteroatoms. The number of unbranched alkanes of at least 4 members (excludes halogenated alkanes) is 19. The van der Waals surface area contributed by atoms with Gasteiger partial charge in [0.1, 0.15) is 13.2 Å². The van der Waals surface area contributed by atoms with E-state index in [0.29, 0.717) is 19.3 Å². The van der Waals surface area contributed by atoms with E-state index in [1.54, 1.807) is 0 Å². The first-order valence-electron chi connectivity index (χ1n) is 25.1. The maximum absolute atomic E-state index is 12.7. The molecule has 61 heavy (non-hydrogen) atoms. The largest absolute Gasteiger partial charge is 0.462 e. The lowest BCUT2D eigenvalue weighted by Crippen LogP contribution is -2.30. The van der Waals surface area contributed by atoms with E-state index in [-0.39, 0.29) is 31.1 Å². The maximum atomic E-state index is 12.7. The molecule has 0 heterocycles. The summed E-state index contributed by atoms with van der Waals surface area (Å²) in [6.07, 6.45) is 63.2. The molecule has 0 amide bonds. The van der Waals surface area contributed by atoms with E-state index < -0.39 is 6.10 Å². The van der Waals surface area contributed by atoms with E-state index in [0.717, 1.165) is 109 Å². The van der Waals surface area contributed by atoms with Gasteiger partial charge in [0.25, 0.3) is 0 Å². The van der Waals surface area contributed by atoms with Crippen LogP contribution < -0.4 is 0 Å². The molecule has 0 fully saturated rings. The minimum Gasteiger partial charge on any atom is -0.462 e. The average molecular weight is 849 g/mol. The van der Waals surface area contributed by atoms with Crippen molar-refractivity contribution in [3.05, 3.63) is 85.1 Å². The third-order valence-corrected chi connectivity index (χ3v) is 10.4. The fourth-order valence-corrected chi connectivity index (χ4v) is 6.61. The molecule has 0 aromatic heterocycles. The first kappa shape index (κ1) is 57.6. The Morgan fingerprint density at radius 1 is 0.344 bits per heavy atom. The van der Waals surface area contributed by atoms with Crippen molar-refractivity contribution >= 4 is 17.9 Å². The van der Waals surface area contributed by atoms with E-state index in [4.69, 9.17) is 14.2 Å². The summed E-state index contributed by atoms with van der Waals surface area (Å²) in [6.45, 7) is 6.38. The van der Waals surface area contributed by atoms with Crippen molar-refractivity contribution in [2.75, 3.05) is 13.2 Å². The van der Waals surface area contributed by atoms with Gasteiger partial charge in [-0.05, 0) is 96.3 Å². The Balaban J connectivity index is 4.28. The highest BCUT2D eigenvalue weighted by atomic mass is 16.6. The number of carbonyl (C=O) groups excluding carboxylic acids is 3. The predicted molar refractivity (Wildman–Crippen MR) is 261 cm³/mol. The van der Waals surface area contributed by atoms with Crippen LogP contribution >= 0.6 is 0 Å². The molecule has 348 valence electrons. The third-order valence-electron chi connectivity index (χ3n) is 10.4. The van der Waals surface area contributed by atoms with E-state index >= 15 is 0 Å². The molecule has 0 aliphatic carbocycles. The van der Waals surface area contributed by atoms with Crippen molar-refractivity contribution in [1.82, 2.24) is 0 Å². The van der Waals surface area contributed by atoms with Gasteiger partial charge in [-0.3, -0.25) is 14.4 Å². The van der Waals surface area contributed by atoms with Crippen LogP contribution in [0.3, 0.4) is 0 Å². The molecule has 0 spiro atoms. The Morgan fingerprint density at radius 2 is 0.639 bits per heavy atom. The molecular formula is C55H92O6. The highest BCUT2D eigenvalue weighted by Crippen LogP contribution is 2.13. The number of allylic oxidation sites excluding steroid dienone is 14. The molecule has 0 radical (unpaired) electrons. The Labute approximate surface area is 375 Å². The number of hydrogen-bond acceptors (Lipinski definition) is 6. The summed E-state index contributed by atoms with van der Waals surface area (Å²) in [4.78, 5) is 37.6. The van der Waals surface area contributed by atoms with Crippen LogP contribution in [0.15, 0.2) is 85.1 Å². The number of hydrogen-bond donors (Lipinski definition) is 0. The second kappa shape index (κ2) is 49.2. The van der Waals surface area contributed by atoms with Gasteiger partial charge in [-0.15, -0.1) is 0 Å². The van der Waals surface area contributed by atoms with Gasteiger partial charge >= 0.3 is 17.9 Å². The molecule has 0 N–H and O–H groups in total. The number of rotatable bonds is 44. The van der Waals surface area contributed by atoms with Crippen molar-refractivity contribution in [1.29, 1.82) is 0 Å². The Bertz CT molecular complexity index is 1200. The van der Waals surface area contributed by atoms with Gasteiger partial charge in [-0.25, -0.2) is 0 Å². The molecule has 0 aliphatic heterocycles. The molecule has 0 saturated heterocycles. The molecule has 0 saturated carbocycles. The molecule has 0 aromatic carbocycles. The van der Waals surface area contributed by atoms with Crippen LogP contribution in [0.4, 0.5) is 0 Å². The van der Waals surface area contributed by atoms with Gasteiger partial charge in [-0.1, -0.05) is 196 Å². The smallest absolute Gasteiger partial charge is 0.306 e. The van der Waals surface area contributed by atoms with E-state index in [9.17, 15) is 14.4 Å². The normalized spacial score (nSPS) is 12.8. The standard InChI is InChI=1S/C55H92O6/c1-4-7-10-13-15-17-19-21-23-25-26-27-28-30-31-33-35-37-39-42-45-48-54(57)60-51-52(50-59-53(56)47-44-41-12-9-6-3)61-55(58)49-46-43-40-38-36-34-32-29-24-22-20-18-16-14-11-8-5-2/h7,10,15,17,21-24,26-27,30-31,35,37,52H,4-6,8-9,11-14,16,18-20,25,28-29,32-34,36,38-51H2,1-3H3/b10-7-,17-15-,23-21-,24-22-,27-26-,31-30-,37-35-. The summed E-state index contributed by atoms with van der Waals surface area (Å²) < 4.78 is 16.6. The summed E-state index contributed by atoms with van der Waals surface area (Å²) in [5, 5.41) is 0. The minimum atomic E-state index is -0.792. The van der Waals surface area contributed by atoms with Crippen LogP contribution in [0.5, 0.6) is 0 Å². The average Bonchev–Trinajstić information content (AvgIpc) is 3.26. The fourth-order valence-electron chi connectivity index (χ4n) is 6.61. The highest BCUT2D eigenvalue weighted by Gasteiger charge is 2.19. The number of ether oxygens (including phenoxy) is 3. The van der Waals surface area contributed by atoms with Crippen LogP contribution in [0, 0.1) is 0 Å². The van der Waals surface area contributed by atoms with Crippen molar-refractivity contribution in [3.8, 4) is 0 Å². The summed E-state index contributed by atoms with van der Waals surface area (Å²) in [5.41, 5.74) is 0. The summed E-state index contributed by atoms with van der Waals surface area (Å²) >= 11 is 0. The first-order chi connectivity index (χ1) is 30.0. The predicted octanol–water partition coefficient (Wildman–Crippen LogP) is 16.4. The molecule has 1 unspecified atom stereocenters. The van der Waals surface area contributed by atoms with Crippen LogP contribution in [0.25, 0.3) is 0 Å². The number of esters is 3. The van der Waals surface area contributed by atoms with Crippen molar-refractivity contribution in [3.63, 3.8) is 0 Å². The zero-order chi connectivity index (χ0) is 44.4. The lowest BCUT2D eigenvalue weighted by Gasteiger charge is -2.18. The zero-order valence-electron chi connectivity index (χ0n) is 39.7. The van der Waals surface area contributed by atoms with Gasteiger partial charge in [0, 0.05) is 19.3 Å². The minimum absolute atomic E-state index is 0.0935. The quantitative estimate of drug-likeness (QED) is 0.0263. The SMILES string of the molecule is CC/C=C\C/C=C\C/C=C\C/C=C\C/C=C\C/C=C\CCCCC(=O)OCC(COC(=O)CCCCCCC)OC(=O)CCCCCCCCC/C=C\CCCCCCCC. The second-order valence-corrected chi connectivity index (χ2v) is 16.3. The van der Waals surface area contributed by atoms with Gasteiger partial charge in [-0.2, -0.15) is 0 Å². The van der Waals surface area contributed by atoms with Gasteiger partial charge in [0.05, 0.1) is 0 Å².